The predicted octanol–water partition coefficient (Wildman–Crippen LogP) is 3.45. The highest BCUT2D eigenvalue weighted by atomic mass is 32.2. The van der Waals surface area contributed by atoms with Gasteiger partial charge in [0, 0.05) is 19.1 Å². The van der Waals surface area contributed by atoms with Crippen LogP contribution in [0.3, 0.4) is 0 Å². The zero-order chi connectivity index (χ0) is 21.3. The number of sulfonamides is 1. The fourth-order valence-corrected chi connectivity index (χ4v) is 6.09. The third kappa shape index (κ3) is 4.45. The number of rotatable bonds is 6. The number of hydrogen-bond acceptors (Lipinski definition) is 5. The number of nitrogens with zero attached hydrogens (tertiary/aromatic N) is 1. The molecule has 1 fully saturated rings. The van der Waals surface area contributed by atoms with Crippen molar-refractivity contribution in [1.29, 1.82) is 0 Å². The highest BCUT2D eigenvalue weighted by Crippen LogP contribution is 2.37. The zero-order valence-electron chi connectivity index (χ0n) is 17.8. The molecule has 1 unspecified atom stereocenters. The molecule has 7 heteroatoms. The van der Waals surface area contributed by atoms with E-state index in [4.69, 9.17) is 9.47 Å². The average Bonchev–Trinajstić information content (AvgIpc) is 3.27. The van der Waals surface area contributed by atoms with Crippen LogP contribution in [0.4, 0.5) is 0 Å². The van der Waals surface area contributed by atoms with Crippen molar-refractivity contribution >= 4 is 10.0 Å². The van der Waals surface area contributed by atoms with Gasteiger partial charge in [-0.15, -0.1) is 0 Å². The second-order valence-electron chi connectivity index (χ2n) is 8.63. The van der Waals surface area contributed by atoms with E-state index in [1.165, 1.54) is 23.1 Å². The number of nitrogens with one attached hydrogen (secondary N) is 1. The van der Waals surface area contributed by atoms with Gasteiger partial charge in [0.05, 0.1) is 4.90 Å². The van der Waals surface area contributed by atoms with Crippen LogP contribution >= 0.6 is 0 Å². The molecule has 1 aliphatic carbocycles. The van der Waals surface area contributed by atoms with E-state index >= 15 is 0 Å². The number of aryl methyl sites for hydroxylation is 2. The Morgan fingerprint density at radius 2 is 1.74 bits per heavy atom. The molecule has 2 aromatic carbocycles. The largest absolute Gasteiger partial charge is 0.486 e. The number of hydrogen-bond donors (Lipinski definition) is 1. The molecule has 2 aliphatic heterocycles. The molecule has 1 N–H and O–H groups in total. The van der Waals surface area contributed by atoms with Crippen LogP contribution in [0.1, 0.15) is 48.4 Å². The van der Waals surface area contributed by atoms with Crippen LogP contribution in [-0.4, -0.2) is 46.2 Å². The summed E-state index contributed by atoms with van der Waals surface area (Å²) in [6.07, 6.45) is 6.54. The molecule has 0 saturated carbocycles. The SMILES string of the molecule is O=S(=O)(NCCN1CCCC1c1ccc2c(c1)OCCO2)c1ccc2c(c1)CCCC2. The van der Waals surface area contributed by atoms with Crippen molar-refractivity contribution in [3.63, 3.8) is 0 Å². The second-order valence-corrected chi connectivity index (χ2v) is 10.4. The summed E-state index contributed by atoms with van der Waals surface area (Å²) in [7, 11) is -3.49. The van der Waals surface area contributed by atoms with Crippen LogP contribution in [0.2, 0.25) is 0 Å². The van der Waals surface area contributed by atoms with Crippen LogP contribution in [0.15, 0.2) is 41.3 Å². The molecule has 31 heavy (non-hydrogen) atoms. The third-order valence-electron chi connectivity index (χ3n) is 6.64. The van der Waals surface area contributed by atoms with E-state index in [0.29, 0.717) is 31.2 Å². The van der Waals surface area contributed by atoms with Gasteiger partial charge in [0.1, 0.15) is 13.2 Å². The summed E-state index contributed by atoms with van der Waals surface area (Å²) >= 11 is 0. The number of fused-ring (bicyclic) bond motifs is 2. The second kappa shape index (κ2) is 8.81. The maximum atomic E-state index is 12.8. The summed E-state index contributed by atoms with van der Waals surface area (Å²) < 4.78 is 39.9. The van der Waals surface area contributed by atoms with Crippen molar-refractivity contribution in [3.05, 3.63) is 53.1 Å². The Kier molecular flexibility index (Phi) is 5.91. The van der Waals surface area contributed by atoms with Crippen molar-refractivity contribution in [2.24, 2.45) is 0 Å². The Labute approximate surface area is 184 Å². The van der Waals surface area contributed by atoms with Gasteiger partial charge in [-0.3, -0.25) is 4.90 Å². The topological polar surface area (TPSA) is 67.9 Å². The summed E-state index contributed by atoms with van der Waals surface area (Å²) in [6, 6.07) is 12.1. The minimum absolute atomic E-state index is 0.282. The number of benzene rings is 2. The molecule has 1 atom stereocenters. The van der Waals surface area contributed by atoms with Crippen molar-refractivity contribution in [2.75, 3.05) is 32.8 Å². The average molecular weight is 443 g/mol. The quantitative estimate of drug-likeness (QED) is 0.742. The molecule has 0 aromatic heterocycles. The Hall–Kier alpha value is -2.09. The molecule has 0 radical (unpaired) electrons. The first-order chi connectivity index (χ1) is 15.1. The van der Waals surface area contributed by atoms with Crippen LogP contribution in [0.5, 0.6) is 11.5 Å². The van der Waals surface area contributed by atoms with Crippen molar-refractivity contribution < 1.29 is 17.9 Å². The van der Waals surface area contributed by atoms with Crippen LogP contribution in [-0.2, 0) is 22.9 Å². The van der Waals surface area contributed by atoms with Crippen LogP contribution in [0, 0.1) is 0 Å². The van der Waals surface area contributed by atoms with Gasteiger partial charge in [-0.2, -0.15) is 0 Å². The lowest BCUT2D eigenvalue weighted by Gasteiger charge is -2.26. The molecule has 2 heterocycles. The molecule has 3 aliphatic rings. The van der Waals surface area contributed by atoms with Crippen LogP contribution in [0.25, 0.3) is 0 Å². The molecule has 0 amide bonds. The monoisotopic (exact) mass is 442 g/mol. The Morgan fingerprint density at radius 1 is 0.935 bits per heavy atom. The molecule has 1 saturated heterocycles. The molecule has 6 nitrogen and oxygen atoms in total. The van der Waals surface area contributed by atoms with E-state index in [-0.39, 0.29) is 6.04 Å². The first-order valence-corrected chi connectivity index (χ1v) is 12.8. The summed E-state index contributed by atoms with van der Waals surface area (Å²) in [5, 5.41) is 0. The van der Waals surface area contributed by atoms with Gasteiger partial charge >= 0.3 is 0 Å². The number of likely N-dealkylation sites (tertiary alicyclic amines) is 1. The van der Waals surface area contributed by atoms with E-state index < -0.39 is 10.0 Å². The molecule has 2 aromatic rings. The van der Waals surface area contributed by atoms with E-state index in [9.17, 15) is 8.42 Å². The van der Waals surface area contributed by atoms with E-state index in [1.54, 1.807) is 6.07 Å². The third-order valence-corrected chi connectivity index (χ3v) is 8.09. The van der Waals surface area contributed by atoms with Gasteiger partial charge in [0.15, 0.2) is 11.5 Å². The number of ether oxygens (including phenoxy) is 2. The fourth-order valence-electron chi connectivity index (χ4n) is 5.02. The highest BCUT2D eigenvalue weighted by molar-refractivity contribution is 7.89. The maximum Gasteiger partial charge on any atom is 0.240 e. The normalized spacial score (nSPS) is 21.1. The lowest BCUT2D eigenvalue weighted by Crippen LogP contribution is -2.34. The van der Waals surface area contributed by atoms with Gasteiger partial charge in [0.25, 0.3) is 0 Å². The van der Waals surface area contributed by atoms with Gasteiger partial charge in [-0.1, -0.05) is 12.1 Å². The Balaban J connectivity index is 1.22. The predicted molar refractivity (Wildman–Crippen MR) is 119 cm³/mol. The van der Waals surface area contributed by atoms with E-state index in [1.807, 2.05) is 18.2 Å². The molecular weight excluding hydrogens is 412 g/mol. The summed E-state index contributed by atoms with van der Waals surface area (Å²) in [4.78, 5) is 2.75. The van der Waals surface area contributed by atoms with E-state index in [0.717, 1.165) is 50.1 Å². The summed E-state index contributed by atoms with van der Waals surface area (Å²) in [5.74, 6) is 1.61. The smallest absolute Gasteiger partial charge is 0.240 e. The lowest BCUT2D eigenvalue weighted by molar-refractivity contribution is 0.170. The minimum Gasteiger partial charge on any atom is -0.486 e. The van der Waals surface area contributed by atoms with Crippen molar-refractivity contribution in [1.82, 2.24) is 9.62 Å². The van der Waals surface area contributed by atoms with Gasteiger partial charge in [0.2, 0.25) is 10.0 Å². The summed E-state index contributed by atoms with van der Waals surface area (Å²) in [5.41, 5.74) is 3.69. The molecule has 0 spiro atoms. The van der Waals surface area contributed by atoms with E-state index in [2.05, 4.69) is 21.8 Å². The Morgan fingerprint density at radius 3 is 2.61 bits per heavy atom. The lowest BCUT2D eigenvalue weighted by atomic mass is 9.92. The Bertz CT molecular complexity index is 1050. The molecule has 0 bridgehead atoms. The van der Waals surface area contributed by atoms with Gasteiger partial charge in [-0.25, -0.2) is 13.1 Å². The molecule has 5 rings (SSSR count). The first-order valence-electron chi connectivity index (χ1n) is 11.4. The minimum atomic E-state index is -3.49. The van der Waals surface area contributed by atoms with Crippen molar-refractivity contribution in [3.8, 4) is 11.5 Å². The maximum absolute atomic E-state index is 12.8. The molecule has 166 valence electrons. The van der Waals surface area contributed by atoms with Crippen LogP contribution < -0.4 is 14.2 Å². The standard InChI is InChI=1S/C24H30N2O4S/c27-31(28,21-9-7-18-4-1-2-5-19(18)16-21)25-11-13-26-12-3-6-22(26)20-8-10-23-24(17-20)30-15-14-29-23/h7-10,16-17,22,25H,1-6,11-15H2. The zero-order valence-corrected chi connectivity index (χ0v) is 18.6. The van der Waals surface area contributed by atoms with Gasteiger partial charge < -0.3 is 9.47 Å². The first kappa shape index (κ1) is 20.8. The molecular formula is C24H30N2O4S. The fraction of sp³-hybridized carbons (Fsp3) is 0.500. The summed E-state index contributed by atoms with van der Waals surface area (Å²) in [6.45, 7) is 3.23. The van der Waals surface area contributed by atoms with Gasteiger partial charge in [-0.05, 0) is 86.0 Å². The van der Waals surface area contributed by atoms with Crippen molar-refractivity contribution in [2.45, 2.75) is 49.5 Å². The highest BCUT2D eigenvalue weighted by Gasteiger charge is 2.27.